The zero-order valence-electron chi connectivity index (χ0n) is 10.4. The molecule has 0 amide bonds. The second-order valence-electron chi connectivity index (χ2n) is 4.13. The van der Waals surface area contributed by atoms with Gasteiger partial charge in [0.25, 0.3) is 0 Å². The number of aromatic nitrogens is 1. The third-order valence-electron chi connectivity index (χ3n) is 2.24. The molecule has 5 nitrogen and oxygen atoms in total. The van der Waals surface area contributed by atoms with Crippen molar-refractivity contribution < 1.29 is 14.6 Å². The standard InChI is InChI=1S/C12H18N2O3/c1-9-7-11(10(8-13-9)12(15)16)17-6-4-5-14(2)3/h7-8H,4-6H2,1-3H3,(H,15,16). The van der Waals surface area contributed by atoms with E-state index in [0.717, 1.165) is 18.7 Å². The van der Waals surface area contributed by atoms with Gasteiger partial charge in [0.15, 0.2) is 0 Å². The lowest BCUT2D eigenvalue weighted by Gasteiger charge is -2.12. The van der Waals surface area contributed by atoms with E-state index >= 15 is 0 Å². The van der Waals surface area contributed by atoms with Gasteiger partial charge in [-0.05, 0) is 27.4 Å². The van der Waals surface area contributed by atoms with E-state index in [0.29, 0.717) is 12.4 Å². The topological polar surface area (TPSA) is 62.7 Å². The molecule has 0 aromatic carbocycles. The van der Waals surface area contributed by atoms with Gasteiger partial charge in [0, 0.05) is 24.5 Å². The Hall–Kier alpha value is -1.62. The summed E-state index contributed by atoms with van der Waals surface area (Å²) in [6.07, 6.45) is 2.19. The molecule has 1 heterocycles. The smallest absolute Gasteiger partial charge is 0.341 e. The molecule has 1 aromatic heterocycles. The second-order valence-corrected chi connectivity index (χ2v) is 4.13. The number of aromatic carboxylic acids is 1. The molecular formula is C12H18N2O3. The molecule has 5 heteroatoms. The highest BCUT2D eigenvalue weighted by Gasteiger charge is 2.11. The van der Waals surface area contributed by atoms with Crippen LogP contribution in [0.4, 0.5) is 0 Å². The summed E-state index contributed by atoms with van der Waals surface area (Å²) >= 11 is 0. The molecular weight excluding hydrogens is 220 g/mol. The third kappa shape index (κ3) is 4.40. The first-order chi connectivity index (χ1) is 8.00. The van der Waals surface area contributed by atoms with Gasteiger partial charge in [-0.25, -0.2) is 4.79 Å². The zero-order chi connectivity index (χ0) is 12.8. The number of hydrogen-bond acceptors (Lipinski definition) is 4. The first-order valence-electron chi connectivity index (χ1n) is 5.48. The summed E-state index contributed by atoms with van der Waals surface area (Å²) < 4.78 is 5.48. The van der Waals surface area contributed by atoms with Crippen LogP contribution in [-0.2, 0) is 0 Å². The van der Waals surface area contributed by atoms with Crippen molar-refractivity contribution >= 4 is 5.97 Å². The zero-order valence-corrected chi connectivity index (χ0v) is 10.4. The van der Waals surface area contributed by atoms with E-state index in [9.17, 15) is 4.79 Å². The molecule has 0 spiro atoms. The number of ether oxygens (including phenoxy) is 1. The van der Waals surface area contributed by atoms with Crippen molar-refractivity contribution in [2.24, 2.45) is 0 Å². The Bertz CT molecular complexity index is 391. The number of carbonyl (C=O) groups is 1. The average Bonchev–Trinajstić information content (AvgIpc) is 2.23. The van der Waals surface area contributed by atoms with Crippen LogP contribution >= 0.6 is 0 Å². The quantitative estimate of drug-likeness (QED) is 0.759. The molecule has 0 bridgehead atoms. The number of carboxylic acids is 1. The molecule has 17 heavy (non-hydrogen) atoms. The van der Waals surface area contributed by atoms with Crippen LogP contribution in [0.25, 0.3) is 0 Å². The number of carboxylic acid groups (broad SMARTS) is 1. The number of hydrogen-bond donors (Lipinski definition) is 1. The monoisotopic (exact) mass is 238 g/mol. The summed E-state index contributed by atoms with van der Waals surface area (Å²) in [5, 5.41) is 8.97. The molecule has 0 atom stereocenters. The number of pyridine rings is 1. The van der Waals surface area contributed by atoms with Gasteiger partial charge in [-0.3, -0.25) is 4.98 Å². The highest BCUT2D eigenvalue weighted by molar-refractivity contribution is 5.90. The molecule has 0 aliphatic carbocycles. The molecule has 1 N–H and O–H groups in total. The second kappa shape index (κ2) is 6.20. The van der Waals surface area contributed by atoms with E-state index in [1.165, 1.54) is 6.20 Å². The van der Waals surface area contributed by atoms with Gasteiger partial charge in [-0.2, -0.15) is 0 Å². The molecule has 1 rings (SSSR count). The van der Waals surface area contributed by atoms with Crippen molar-refractivity contribution in [3.63, 3.8) is 0 Å². The van der Waals surface area contributed by atoms with E-state index in [2.05, 4.69) is 9.88 Å². The minimum atomic E-state index is -1.01. The normalized spacial score (nSPS) is 10.6. The van der Waals surface area contributed by atoms with Crippen molar-refractivity contribution in [2.75, 3.05) is 27.2 Å². The summed E-state index contributed by atoms with van der Waals surface area (Å²) in [6.45, 7) is 3.21. The molecule has 0 aliphatic rings. The molecule has 0 radical (unpaired) electrons. The van der Waals surface area contributed by atoms with Crippen molar-refractivity contribution in [2.45, 2.75) is 13.3 Å². The number of aryl methyl sites for hydroxylation is 1. The predicted octanol–water partition coefficient (Wildman–Crippen LogP) is 1.42. The highest BCUT2D eigenvalue weighted by atomic mass is 16.5. The lowest BCUT2D eigenvalue weighted by atomic mass is 10.2. The van der Waals surface area contributed by atoms with Crippen LogP contribution in [0.15, 0.2) is 12.3 Å². The maximum Gasteiger partial charge on any atom is 0.341 e. The molecule has 0 fully saturated rings. The van der Waals surface area contributed by atoms with Crippen LogP contribution in [0.3, 0.4) is 0 Å². The van der Waals surface area contributed by atoms with Crippen LogP contribution in [-0.4, -0.2) is 48.2 Å². The molecule has 0 unspecified atom stereocenters. The molecule has 94 valence electrons. The molecule has 0 saturated heterocycles. The summed E-state index contributed by atoms with van der Waals surface area (Å²) in [6, 6.07) is 1.65. The van der Waals surface area contributed by atoms with Gasteiger partial charge >= 0.3 is 5.97 Å². The van der Waals surface area contributed by atoms with E-state index in [1.807, 2.05) is 14.1 Å². The fraction of sp³-hybridized carbons (Fsp3) is 0.500. The van der Waals surface area contributed by atoms with Crippen molar-refractivity contribution in [1.29, 1.82) is 0 Å². The Morgan fingerprint density at radius 2 is 2.24 bits per heavy atom. The van der Waals surface area contributed by atoms with Crippen LogP contribution in [0, 0.1) is 6.92 Å². The van der Waals surface area contributed by atoms with Crippen LogP contribution < -0.4 is 4.74 Å². The Balaban J connectivity index is 2.62. The van der Waals surface area contributed by atoms with E-state index < -0.39 is 5.97 Å². The number of nitrogens with zero attached hydrogens (tertiary/aromatic N) is 2. The lowest BCUT2D eigenvalue weighted by Crippen LogP contribution is -2.16. The van der Waals surface area contributed by atoms with Gasteiger partial charge in [0.1, 0.15) is 11.3 Å². The summed E-state index contributed by atoms with van der Waals surface area (Å²) in [7, 11) is 3.97. The van der Waals surface area contributed by atoms with Gasteiger partial charge in [-0.15, -0.1) is 0 Å². The first-order valence-corrected chi connectivity index (χ1v) is 5.48. The fourth-order valence-electron chi connectivity index (χ4n) is 1.38. The Morgan fingerprint density at radius 1 is 1.53 bits per heavy atom. The average molecular weight is 238 g/mol. The van der Waals surface area contributed by atoms with Gasteiger partial charge in [0.2, 0.25) is 0 Å². The van der Waals surface area contributed by atoms with Crippen LogP contribution in [0.5, 0.6) is 5.75 Å². The van der Waals surface area contributed by atoms with Gasteiger partial charge in [0.05, 0.1) is 6.61 Å². The summed E-state index contributed by atoms with van der Waals surface area (Å²) in [4.78, 5) is 16.9. The molecule has 1 aromatic rings. The molecule has 0 aliphatic heterocycles. The summed E-state index contributed by atoms with van der Waals surface area (Å²) in [5.41, 5.74) is 0.859. The third-order valence-corrected chi connectivity index (χ3v) is 2.24. The maximum absolute atomic E-state index is 10.9. The van der Waals surface area contributed by atoms with Crippen molar-refractivity contribution in [3.05, 3.63) is 23.5 Å². The summed E-state index contributed by atoms with van der Waals surface area (Å²) in [5.74, 6) is -0.621. The van der Waals surface area contributed by atoms with Crippen LogP contribution in [0.1, 0.15) is 22.5 Å². The highest BCUT2D eigenvalue weighted by Crippen LogP contribution is 2.18. The lowest BCUT2D eigenvalue weighted by molar-refractivity contribution is 0.0691. The minimum absolute atomic E-state index is 0.112. The minimum Gasteiger partial charge on any atom is -0.493 e. The van der Waals surface area contributed by atoms with Gasteiger partial charge in [-0.1, -0.05) is 0 Å². The molecule has 0 saturated carbocycles. The Labute approximate surface area is 101 Å². The van der Waals surface area contributed by atoms with Crippen molar-refractivity contribution in [3.8, 4) is 5.75 Å². The SMILES string of the molecule is Cc1cc(OCCCN(C)C)c(C(=O)O)cn1. The van der Waals surface area contributed by atoms with Crippen molar-refractivity contribution in [1.82, 2.24) is 9.88 Å². The van der Waals surface area contributed by atoms with E-state index in [4.69, 9.17) is 9.84 Å². The predicted molar refractivity (Wildman–Crippen MR) is 64.6 cm³/mol. The van der Waals surface area contributed by atoms with E-state index in [1.54, 1.807) is 13.0 Å². The van der Waals surface area contributed by atoms with E-state index in [-0.39, 0.29) is 5.56 Å². The largest absolute Gasteiger partial charge is 0.493 e. The fourth-order valence-corrected chi connectivity index (χ4v) is 1.38. The Morgan fingerprint density at radius 3 is 2.82 bits per heavy atom. The first kappa shape index (κ1) is 13.4. The Kier molecular flexibility index (Phi) is 4.90. The van der Waals surface area contributed by atoms with Crippen LogP contribution in [0.2, 0.25) is 0 Å². The maximum atomic E-state index is 10.9. The van der Waals surface area contributed by atoms with Gasteiger partial charge < -0.3 is 14.7 Å². The number of rotatable bonds is 6.